The third-order valence-corrected chi connectivity index (χ3v) is 5.77. The number of benzene rings is 2. The molecule has 1 unspecified atom stereocenters. The molecule has 2 aromatic carbocycles. The van der Waals surface area contributed by atoms with Crippen LogP contribution in [0.25, 0.3) is 0 Å². The van der Waals surface area contributed by atoms with Crippen LogP contribution in [0.3, 0.4) is 0 Å². The number of likely N-dealkylation sites (N-methyl/N-ethyl adjacent to an activating group) is 1. The van der Waals surface area contributed by atoms with Crippen LogP contribution >= 0.6 is 23.2 Å². The Morgan fingerprint density at radius 2 is 1.93 bits per heavy atom. The molecule has 0 spiro atoms. The molecule has 4 nitrogen and oxygen atoms in total. The molecule has 2 aliphatic rings. The van der Waals surface area contributed by atoms with Crippen LogP contribution in [0.15, 0.2) is 47.5 Å². The van der Waals surface area contributed by atoms with Gasteiger partial charge in [-0.15, -0.1) is 0 Å². The molecular weight excluding hydrogens is 381 g/mol. The van der Waals surface area contributed by atoms with Gasteiger partial charge in [-0.05, 0) is 50.7 Å². The van der Waals surface area contributed by atoms with E-state index in [2.05, 4.69) is 16.9 Å². The van der Waals surface area contributed by atoms with Crippen molar-refractivity contribution in [2.24, 2.45) is 4.99 Å². The highest BCUT2D eigenvalue weighted by molar-refractivity contribution is 6.37. The van der Waals surface area contributed by atoms with Gasteiger partial charge in [0.1, 0.15) is 6.54 Å². The molecule has 4 rings (SSSR count). The van der Waals surface area contributed by atoms with Crippen LogP contribution in [0.5, 0.6) is 0 Å². The number of benzodiazepines with no additional fused rings is 1. The molecule has 2 aromatic rings. The molecule has 0 radical (unpaired) electrons. The van der Waals surface area contributed by atoms with Crippen LogP contribution in [-0.2, 0) is 4.79 Å². The average Bonchev–Trinajstić information content (AvgIpc) is 2.78. The number of amides is 1. The number of likely N-dealkylation sites (tertiary alicyclic amines) is 1. The molecule has 0 N–H and O–H groups in total. The standard InChI is InChI=1S/C21H21Cl2N3O/c1-25-10-4-5-15(13-25)26-19-9-8-14(22)11-17(19)21(24-12-20(26)27)16-6-2-3-7-18(16)23/h2-3,6-9,11,15H,4-5,10,12-13H2,1H3. The van der Waals surface area contributed by atoms with Crippen LogP contribution in [0.2, 0.25) is 10.0 Å². The second-order valence-corrected chi connectivity index (χ2v) is 7.97. The maximum Gasteiger partial charge on any atom is 0.248 e. The van der Waals surface area contributed by atoms with Crippen molar-refractivity contribution in [3.63, 3.8) is 0 Å². The van der Waals surface area contributed by atoms with Gasteiger partial charge < -0.3 is 9.80 Å². The van der Waals surface area contributed by atoms with Gasteiger partial charge in [0.25, 0.3) is 0 Å². The molecule has 1 fully saturated rings. The number of piperidine rings is 1. The lowest BCUT2D eigenvalue weighted by atomic mass is 9.98. The van der Waals surface area contributed by atoms with Gasteiger partial charge in [-0.2, -0.15) is 0 Å². The Kier molecular flexibility index (Phi) is 5.22. The summed E-state index contributed by atoms with van der Waals surface area (Å²) in [6.45, 7) is 2.02. The predicted molar refractivity (Wildman–Crippen MR) is 111 cm³/mol. The number of hydrogen-bond donors (Lipinski definition) is 0. The molecule has 140 valence electrons. The summed E-state index contributed by atoms with van der Waals surface area (Å²) >= 11 is 12.8. The SMILES string of the molecule is CN1CCCC(N2C(=O)CN=C(c3ccccc3Cl)c3cc(Cl)ccc32)C1. The zero-order valence-corrected chi connectivity index (χ0v) is 16.7. The second-order valence-electron chi connectivity index (χ2n) is 7.13. The first-order valence-electron chi connectivity index (χ1n) is 9.14. The molecule has 6 heteroatoms. The highest BCUT2D eigenvalue weighted by atomic mass is 35.5. The molecule has 2 aliphatic heterocycles. The van der Waals surface area contributed by atoms with Crippen LogP contribution < -0.4 is 4.90 Å². The van der Waals surface area contributed by atoms with Crippen molar-refractivity contribution in [1.82, 2.24) is 4.90 Å². The smallest absolute Gasteiger partial charge is 0.248 e. The Balaban J connectivity index is 1.85. The summed E-state index contributed by atoms with van der Waals surface area (Å²) in [5.41, 5.74) is 3.26. The number of halogens is 2. The van der Waals surface area contributed by atoms with Gasteiger partial charge in [0.15, 0.2) is 0 Å². The third-order valence-electron chi connectivity index (χ3n) is 5.21. The van der Waals surface area contributed by atoms with Crippen molar-refractivity contribution in [1.29, 1.82) is 0 Å². The molecule has 1 amide bonds. The van der Waals surface area contributed by atoms with Crippen LogP contribution in [0, 0.1) is 0 Å². The van der Waals surface area contributed by atoms with Gasteiger partial charge in [-0.25, -0.2) is 0 Å². The van der Waals surface area contributed by atoms with E-state index >= 15 is 0 Å². The molecular formula is C21H21Cl2N3O. The number of rotatable bonds is 2. The van der Waals surface area contributed by atoms with E-state index in [1.165, 1.54) is 0 Å². The molecule has 0 bridgehead atoms. The summed E-state index contributed by atoms with van der Waals surface area (Å²) in [6, 6.07) is 13.4. The Bertz CT molecular complexity index is 912. The van der Waals surface area contributed by atoms with Gasteiger partial charge in [0, 0.05) is 33.8 Å². The first-order valence-corrected chi connectivity index (χ1v) is 9.90. The van der Waals surface area contributed by atoms with Crippen molar-refractivity contribution >= 4 is 40.5 Å². The Morgan fingerprint density at radius 1 is 1.11 bits per heavy atom. The van der Waals surface area contributed by atoms with Crippen molar-refractivity contribution in [2.75, 3.05) is 31.6 Å². The summed E-state index contributed by atoms with van der Waals surface area (Å²) in [5.74, 6) is 0.0147. The molecule has 1 atom stereocenters. The Hall–Kier alpha value is -1.88. The number of anilines is 1. The van der Waals surface area contributed by atoms with E-state index in [-0.39, 0.29) is 18.5 Å². The zero-order chi connectivity index (χ0) is 19.0. The number of hydrogen-bond acceptors (Lipinski definition) is 3. The maximum atomic E-state index is 13.1. The maximum absolute atomic E-state index is 13.1. The fraction of sp³-hybridized carbons (Fsp3) is 0.333. The molecule has 0 aromatic heterocycles. The van der Waals surface area contributed by atoms with E-state index in [9.17, 15) is 4.79 Å². The number of carbonyl (C=O) groups is 1. The summed E-state index contributed by atoms with van der Waals surface area (Å²) in [6.07, 6.45) is 2.06. The number of fused-ring (bicyclic) bond motifs is 1. The van der Waals surface area contributed by atoms with Gasteiger partial charge >= 0.3 is 0 Å². The molecule has 27 heavy (non-hydrogen) atoms. The molecule has 2 heterocycles. The third kappa shape index (κ3) is 3.62. The highest BCUT2D eigenvalue weighted by Crippen LogP contribution is 2.34. The first kappa shape index (κ1) is 18.5. The minimum atomic E-state index is 0.0147. The van der Waals surface area contributed by atoms with Crippen molar-refractivity contribution in [2.45, 2.75) is 18.9 Å². The summed E-state index contributed by atoms with van der Waals surface area (Å²) in [5, 5.41) is 1.23. The summed E-state index contributed by atoms with van der Waals surface area (Å²) in [4.78, 5) is 21.9. The molecule has 0 saturated carbocycles. The van der Waals surface area contributed by atoms with Gasteiger partial charge in [0.05, 0.1) is 11.4 Å². The van der Waals surface area contributed by atoms with Crippen LogP contribution in [-0.4, -0.2) is 49.2 Å². The largest absolute Gasteiger partial charge is 0.306 e. The molecule has 0 aliphatic carbocycles. The Morgan fingerprint density at radius 3 is 2.70 bits per heavy atom. The van der Waals surface area contributed by atoms with E-state index in [0.29, 0.717) is 10.0 Å². The van der Waals surface area contributed by atoms with Crippen LogP contribution in [0.4, 0.5) is 5.69 Å². The topological polar surface area (TPSA) is 35.9 Å². The van der Waals surface area contributed by atoms with E-state index in [1.807, 2.05) is 47.4 Å². The summed E-state index contributed by atoms with van der Waals surface area (Å²) in [7, 11) is 2.10. The van der Waals surface area contributed by atoms with E-state index in [4.69, 9.17) is 23.2 Å². The van der Waals surface area contributed by atoms with E-state index < -0.39 is 0 Å². The number of nitrogens with zero attached hydrogens (tertiary/aromatic N) is 3. The fourth-order valence-electron chi connectivity index (χ4n) is 3.98. The van der Waals surface area contributed by atoms with Crippen LogP contribution in [0.1, 0.15) is 24.0 Å². The minimum absolute atomic E-state index is 0.0147. The highest BCUT2D eigenvalue weighted by Gasteiger charge is 2.33. The van der Waals surface area contributed by atoms with E-state index in [1.54, 1.807) is 0 Å². The van der Waals surface area contributed by atoms with Crippen molar-refractivity contribution in [3.05, 3.63) is 63.6 Å². The van der Waals surface area contributed by atoms with Gasteiger partial charge in [-0.3, -0.25) is 9.79 Å². The fourth-order valence-corrected chi connectivity index (χ4v) is 4.38. The van der Waals surface area contributed by atoms with E-state index in [0.717, 1.165) is 48.5 Å². The monoisotopic (exact) mass is 401 g/mol. The minimum Gasteiger partial charge on any atom is -0.306 e. The second kappa shape index (κ2) is 7.63. The zero-order valence-electron chi connectivity index (χ0n) is 15.2. The lowest BCUT2D eigenvalue weighted by Crippen LogP contribution is -2.50. The lowest BCUT2D eigenvalue weighted by Gasteiger charge is -2.38. The predicted octanol–water partition coefficient (Wildman–Crippen LogP) is 4.27. The molecule has 1 saturated heterocycles. The van der Waals surface area contributed by atoms with Crippen molar-refractivity contribution in [3.8, 4) is 0 Å². The van der Waals surface area contributed by atoms with Gasteiger partial charge in [-0.1, -0.05) is 41.4 Å². The lowest BCUT2D eigenvalue weighted by molar-refractivity contribution is -0.117. The first-order chi connectivity index (χ1) is 13.0. The number of aliphatic imine (C=N–C) groups is 1. The summed E-state index contributed by atoms with van der Waals surface area (Å²) < 4.78 is 0. The quantitative estimate of drug-likeness (QED) is 0.752. The van der Waals surface area contributed by atoms with Crippen molar-refractivity contribution < 1.29 is 4.79 Å². The number of carbonyl (C=O) groups excluding carboxylic acids is 1. The Labute approximate surface area is 169 Å². The van der Waals surface area contributed by atoms with Gasteiger partial charge in [0.2, 0.25) is 5.91 Å². The average molecular weight is 402 g/mol. The normalized spacial score (nSPS) is 20.9.